The molecule has 226 valence electrons. The zero-order valence-corrected chi connectivity index (χ0v) is 26.0. The minimum atomic E-state index is -0.330. The Labute approximate surface area is 258 Å². The number of nitrogens with one attached hydrogen (secondary N) is 2. The standard InChI is InChI=1S/C30H30ClFN6O2S.CH4O/c1-16-11-22(17(2)33-24-9-10-25(31)34-27(24)28(39)36-41-21-5-4-6-21)26-23(12-16)29(40)37(3)30(35-26)38-14-18-7-8-20(32)13-19(18)15-38;1-2/h7-13,17,21,33H,4-6,14-15H2,1-3H3,(H,36,39);2H,1H3. The Morgan fingerprint density at radius 3 is 2.58 bits per heavy atom. The average Bonchev–Trinajstić information content (AvgIpc) is 3.38. The Balaban J connectivity index is 0.00000180. The molecule has 3 heterocycles. The average molecular weight is 625 g/mol. The number of aryl methyl sites for hydroxylation is 1. The maximum atomic E-state index is 13.9. The molecular formula is C31H34ClFN6O3S. The maximum absolute atomic E-state index is 13.9. The van der Waals surface area contributed by atoms with Gasteiger partial charge in [0.05, 0.1) is 22.6 Å². The lowest BCUT2D eigenvalue weighted by Gasteiger charge is -2.25. The van der Waals surface area contributed by atoms with E-state index < -0.39 is 0 Å². The third-order valence-electron chi connectivity index (χ3n) is 7.79. The zero-order chi connectivity index (χ0) is 30.8. The van der Waals surface area contributed by atoms with Crippen molar-refractivity contribution in [2.75, 3.05) is 17.3 Å². The van der Waals surface area contributed by atoms with Gasteiger partial charge < -0.3 is 15.3 Å². The van der Waals surface area contributed by atoms with Crippen molar-refractivity contribution >= 4 is 52.0 Å². The van der Waals surface area contributed by atoms with Crippen molar-refractivity contribution in [2.24, 2.45) is 7.05 Å². The molecule has 4 aromatic rings. The number of carbonyl (C=O) groups excluding carboxylic acids is 1. The second-order valence-electron chi connectivity index (χ2n) is 10.8. The van der Waals surface area contributed by atoms with Crippen LogP contribution >= 0.6 is 23.5 Å². The fraction of sp³-hybridized carbons (Fsp3) is 0.355. The summed E-state index contributed by atoms with van der Waals surface area (Å²) in [6.07, 6.45) is 3.36. The van der Waals surface area contributed by atoms with Crippen molar-refractivity contribution in [3.8, 4) is 0 Å². The summed E-state index contributed by atoms with van der Waals surface area (Å²) in [7, 11) is 2.71. The highest BCUT2D eigenvalue weighted by molar-refractivity contribution is 7.98. The van der Waals surface area contributed by atoms with Gasteiger partial charge in [0.2, 0.25) is 5.95 Å². The van der Waals surface area contributed by atoms with Gasteiger partial charge in [-0.25, -0.2) is 14.4 Å². The summed E-state index contributed by atoms with van der Waals surface area (Å²) in [4.78, 5) is 37.9. The molecule has 43 heavy (non-hydrogen) atoms. The topological polar surface area (TPSA) is 112 Å². The Morgan fingerprint density at radius 2 is 1.86 bits per heavy atom. The minimum Gasteiger partial charge on any atom is -0.400 e. The van der Waals surface area contributed by atoms with Crippen molar-refractivity contribution in [2.45, 2.75) is 57.5 Å². The zero-order valence-electron chi connectivity index (χ0n) is 24.4. The second-order valence-corrected chi connectivity index (χ2v) is 12.3. The molecule has 0 spiro atoms. The monoisotopic (exact) mass is 624 g/mol. The van der Waals surface area contributed by atoms with Gasteiger partial charge in [0, 0.05) is 38.1 Å². The molecule has 2 aliphatic rings. The van der Waals surface area contributed by atoms with Gasteiger partial charge in [0.1, 0.15) is 11.0 Å². The van der Waals surface area contributed by atoms with E-state index in [1.807, 2.05) is 30.9 Å². The first-order chi connectivity index (χ1) is 20.7. The van der Waals surface area contributed by atoms with Crippen molar-refractivity contribution in [1.82, 2.24) is 19.3 Å². The minimum absolute atomic E-state index is 0.162. The molecule has 1 amide bonds. The highest BCUT2D eigenvalue weighted by atomic mass is 35.5. The number of nitrogens with zero attached hydrogens (tertiary/aromatic N) is 4. The Bertz CT molecular complexity index is 1750. The molecule has 0 bridgehead atoms. The molecule has 1 saturated carbocycles. The summed E-state index contributed by atoms with van der Waals surface area (Å²) >= 11 is 7.60. The van der Waals surface area contributed by atoms with Crippen LogP contribution in [0.2, 0.25) is 5.15 Å². The number of carbonyl (C=O) groups is 1. The van der Waals surface area contributed by atoms with Crippen LogP contribution in [0.4, 0.5) is 16.0 Å². The first kappa shape index (κ1) is 30.8. The van der Waals surface area contributed by atoms with Crippen LogP contribution in [0.15, 0.2) is 47.3 Å². The van der Waals surface area contributed by atoms with Gasteiger partial charge in [-0.15, -0.1) is 0 Å². The van der Waals surface area contributed by atoms with E-state index in [0.29, 0.717) is 40.9 Å². The van der Waals surface area contributed by atoms with E-state index >= 15 is 0 Å². The number of aromatic nitrogens is 3. The highest BCUT2D eigenvalue weighted by Gasteiger charge is 2.26. The van der Waals surface area contributed by atoms with Crippen LogP contribution in [0.3, 0.4) is 0 Å². The van der Waals surface area contributed by atoms with Gasteiger partial charge in [0.25, 0.3) is 11.5 Å². The molecule has 1 unspecified atom stereocenters. The summed E-state index contributed by atoms with van der Waals surface area (Å²) in [6.45, 7) is 4.89. The molecule has 1 fully saturated rings. The van der Waals surface area contributed by atoms with Gasteiger partial charge >= 0.3 is 0 Å². The molecule has 0 saturated heterocycles. The number of rotatable bonds is 7. The normalized spacial score (nSPS) is 14.9. The molecule has 9 nitrogen and oxygen atoms in total. The lowest BCUT2D eigenvalue weighted by Crippen LogP contribution is -2.28. The number of hydrogen-bond acceptors (Lipinski definition) is 8. The van der Waals surface area contributed by atoms with Crippen LogP contribution in [0.1, 0.15) is 65.0 Å². The maximum Gasteiger partial charge on any atom is 0.281 e. The third-order valence-corrected chi connectivity index (χ3v) is 9.11. The Morgan fingerprint density at radius 1 is 1.12 bits per heavy atom. The van der Waals surface area contributed by atoms with E-state index in [1.54, 1.807) is 29.8 Å². The quantitative estimate of drug-likeness (QED) is 0.178. The van der Waals surface area contributed by atoms with Crippen molar-refractivity contribution in [3.63, 3.8) is 0 Å². The number of pyridine rings is 1. The molecule has 2 aromatic heterocycles. The predicted octanol–water partition coefficient (Wildman–Crippen LogP) is 5.66. The summed E-state index contributed by atoms with van der Waals surface area (Å²) in [5.74, 6) is -0.0832. The highest BCUT2D eigenvalue weighted by Crippen LogP contribution is 2.33. The van der Waals surface area contributed by atoms with E-state index in [0.717, 1.165) is 42.2 Å². The molecular weight excluding hydrogens is 591 g/mol. The van der Waals surface area contributed by atoms with E-state index in [4.69, 9.17) is 21.7 Å². The number of hydrogen-bond donors (Lipinski definition) is 3. The predicted molar refractivity (Wildman–Crippen MR) is 170 cm³/mol. The number of aliphatic hydroxyl groups excluding tert-OH is 1. The number of benzene rings is 2. The van der Waals surface area contributed by atoms with Gasteiger partial charge in [0.15, 0.2) is 5.69 Å². The molecule has 1 atom stereocenters. The van der Waals surface area contributed by atoms with Crippen molar-refractivity contribution in [1.29, 1.82) is 0 Å². The fourth-order valence-electron chi connectivity index (χ4n) is 5.37. The van der Waals surface area contributed by atoms with E-state index in [9.17, 15) is 14.0 Å². The van der Waals surface area contributed by atoms with Crippen LogP contribution in [-0.2, 0) is 20.1 Å². The largest absolute Gasteiger partial charge is 0.400 e. The first-order valence-corrected chi connectivity index (χ1v) is 15.3. The van der Waals surface area contributed by atoms with E-state index in [1.165, 1.54) is 30.5 Å². The molecule has 6 rings (SSSR count). The molecule has 2 aromatic carbocycles. The lowest BCUT2D eigenvalue weighted by molar-refractivity contribution is 0.0980. The number of amides is 1. The number of anilines is 2. The van der Waals surface area contributed by atoms with Gasteiger partial charge in [-0.05, 0) is 85.7 Å². The lowest BCUT2D eigenvalue weighted by atomic mass is 10.0. The first-order valence-electron chi connectivity index (χ1n) is 14.0. The summed E-state index contributed by atoms with van der Waals surface area (Å²) in [6, 6.07) is 11.7. The SMILES string of the molecule is CO.Cc1cc(C(C)Nc2ccc(Cl)nc2C(=O)NSC2CCC2)c2nc(N3Cc4ccc(F)cc4C3)n(C)c(=O)c2c1. The number of fused-ring (bicyclic) bond motifs is 2. The fourth-order valence-corrected chi connectivity index (χ4v) is 6.46. The van der Waals surface area contributed by atoms with Crippen LogP contribution < -0.4 is 20.5 Å². The van der Waals surface area contributed by atoms with Gasteiger partial charge in [-0.1, -0.05) is 30.2 Å². The molecule has 1 aliphatic carbocycles. The van der Waals surface area contributed by atoms with Crippen LogP contribution in [0, 0.1) is 12.7 Å². The summed E-state index contributed by atoms with van der Waals surface area (Å²) in [5, 5.41) is 11.6. The Hall–Kier alpha value is -3.67. The molecule has 1 aliphatic heterocycles. The van der Waals surface area contributed by atoms with Gasteiger partial charge in [-0.2, -0.15) is 0 Å². The van der Waals surface area contributed by atoms with Gasteiger partial charge in [-0.3, -0.25) is 18.9 Å². The molecule has 0 radical (unpaired) electrons. The van der Waals surface area contributed by atoms with Crippen molar-refractivity contribution in [3.05, 3.63) is 91.7 Å². The number of aliphatic hydroxyl groups is 1. The Kier molecular flexibility index (Phi) is 9.24. The van der Waals surface area contributed by atoms with Crippen molar-refractivity contribution < 1.29 is 14.3 Å². The molecule has 12 heteroatoms. The smallest absolute Gasteiger partial charge is 0.281 e. The number of halogens is 2. The van der Waals surface area contributed by atoms with E-state index in [2.05, 4.69) is 15.0 Å². The van der Waals surface area contributed by atoms with Crippen LogP contribution in [-0.4, -0.2) is 37.9 Å². The van der Waals surface area contributed by atoms with E-state index in [-0.39, 0.29) is 34.2 Å². The third kappa shape index (κ3) is 6.34. The van der Waals surface area contributed by atoms with Crippen LogP contribution in [0.5, 0.6) is 0 Å². The summed E-state index contributed by atoms with van der Waals surface area (Å²) < 4.78 is 18.3. The summed E-state index contributed by atoms with van der Waals surface area (Å²) in [5.41, 5.74) is 4.78. The molecule has 3 N–H and O–H groups in total. The second kappa shape index (κ2) is 12.9. The van der Waals surface area contributed by atoms with Crippen LogP contribution in [0.25, 0.3) is 10.9 Å².